The lowest BCUT2D eigenvalue weighted by Crippen LogP contribution is -2.34. The molecule has 1 unspecified atom stereocenters. The van der Waals surface area contributed by atoms with Crippen LogP contribution in [-0.4, -0.2) is 40.1 Å². The van der Waals surface area contributed by atoms with Crippen molar-refractivity contribution in [3.63, 3.8) is 0 Å². The zero-order chi connectivity index (χ0) is 16.6. The molecule has 1 aromatic heterocycles. The fourth-order valence-electron chi connectivity index (χ4n) is 2.70. The number of rotatable bonds is 3. The third-order valence-electron chi connectivity index (χ3n) is 4.35. The van der Waals surface area contributed by atoms with Gasteiger partial charge >= 0.3 is 5.97 Å². The second kappa shape index (κ2) is 5.53. The molecule has 0 aliphatic carbocycles. The number of hydrogen-bond donors (Lipinski definition) is 1. The molecule has 1 N–H and O–H groups in total. The number of nitrogens with zero attached hydrogens (tertiary/aromatic N) is 2. The van der Waals surface area contributed by atoms with Gasteiger partial charge in [-0.1, -0.05) is 35.0 Å². The summed E-state index contributed by atoms with van der Waals surface area (Å²) in [5.41, 5.74) is 1.71. The van der Waals surface area contributed by atoms with Gasteiger partial charge in [-0.15, -0.1) is 0 Å². The van der Waals surface area contributed by atoms with Crippen molar-refractivity contribution >= 4 is 11.9 Å². The second-order valence-electron chi connectivity index (χ2n) is 6.28. The van der Waals surface area contributed by atoms with Gasteiger partial charge in [-0.2, -0.15) is 0 Å². The number of carbonyl (C=O) groups is 2. The van der Waals surface area contributed by atoms with E-state index in [1.807, 2.05) is 31.2 Å². The molecular weight excluding hydrogens is 296 g/mol. The Bertz CT molecular complexity index is 750. The van der Waals surface area contributed by atoms with Gasteiger partial charge < -0.3 is 14.5 Å². The van der Waals surface area contributed by atoms with Crippen LogP contribution in [0.4, 0.5) is 0 Å². The third-order valence-corrected chi connectivity index (χ3v) is 4.35. The molecule has 0 bridgehead atoms. The van der Waals surface area contributed by atoms with Crippen molar-refractivity contribution in [1.82, 2.24) is 10.1 Å². The average molecular weight is 314 g/mol. The number of aryl methyl sites for hydroxylation is 1. The van der Waals surface area contributed by atoms with Gasteiger partial charge in [0.05, 0.1) is 5.41 Å². The van der Waals surface area contributed by atoms with Crippen molar-refractivity contribution in [2.24, 2.45) is 5.41 Å². The first-order valence-electron chi connectivity index (χ1n) is 7.45. The van der Waals surface area contributed by atoms with E-state index in [1.165, 1.54) is 4.90 Å². The van der Waals surface area contributed by atoms with Gasteiger partial charge in [0.2, 0.25) is 5.76 Å². The SMILES string of the molecule is Cc1ccc(-c2cc(C(=O)N3CCC(C)(C(=O)O)C3)on2)cc1. The Kier molecular flexibility index (Phi) is 3.67. The lowest BCUT2D eigenvalue weighted by atomic mass is 9.90. The summed E-state index contributed by atoms with van der Waals surface area (Å²) in [6, 6.07) is 9.36. The van der Waals surface area contributed by atoms with Crippen LogP contribution in [0.2, 0.25) is 0 Å². The lowest BCUT2D eigenvalue weighted by molar-refractivity contribution is -0.147. The van der Waals surface area contributed by atoms with E-state index in [9.17, 15) is 14.7 Å². The molecule has 1 amide bonds. The number of amides is 1. The highest BCUT2D eigenvalue weighted by Crippen LogP contribution is 2.31. The summed E-state index contributed by atoms with van der Waals surface area (Å²) in [6.07, 6.45) is 0.438. The van der Waals surface area contributed by atoms with Crippen LogP contribution in [-0.2, 0) is 4.79 Å². The maximum Gasteiger partial charge on any atom is 0.311 e. The molecular formula is C17H18N2O4. The number of aliphatic carboxylic acids is 1. The molecule has 1 aliphatic rings. The van der Waals surface area contributed by atoms with Crippen LogP contribution in [0.25, 0.3) is 11.3 Å². The molecule has 6 heteroatoms. The Morgan fingerprint density at radius 2 is 2.00 bits per heavy atom. The van der Waals surface area contributed by atoms with Crippen LogP contribution in [0.15, 0.2) is 34.9 Å². The summed E-state index contributed by atoms with van der Waals surface area (Å²) < 4.78 is 5.16. The van der Waals surface area contributed by atoms with E-state index >= 15 is 0 Å². The van der Waals surface area contributed by atoms with E-state index in [1.54, 1.807) is 13.0 Å². The Balaban J connectivity index is 1.77. The van der Waals surface area contributed by atoms with Crippen molar-refractivity contribution in [3.05, 3.63) is 41.7 Å². The smallest absolute Gasteiger partial charge is 0.311 e. The predicted octanol–water partition coefficient (Wildman–Crippen LogP) is 2.59. The Morgan fingerprint density at radius 3 is 2.61 bits per heavy atom. The molecule has 1 aromatic carbocycles. The maximum absolute atomic E-state index is 12.5. The largest absolute Gasteiger partial charge is 0.481 e. The van der Waals surface area contributed by atoms with E-state index in [2.05, 4.69) is 5.16 Å². The topological polar surface area (TPSA) is 83.6 Å². The summed E-state index contributed by atoms with van der Waals surface area (Å²) in [7, 11) is 0. The zero-order valence-electron chi connectivity index (χ0n) is 13.1. The van der Waals surface area contributed by atoms with Crippen molar-refractivity contribution in [3.8, 4) is 11.3 Å². The van der Waals surface area contributed by atoms with Crippen LogP contribution in [0, 0.1) is 12.3 Å². The molecule has 2 heterocycles. The molecule has 2 aromatic rings. The van der Waals surface area contributed by atoms with Crippen molar-refractivity contribution in [1.29, 1.82) is 0 Å². The standard InChI is InChI=1S/C17H18N2O4/c1-11-3-5-12(6-4-11)13-9-14(23-18-13)15(20)19-8-7-17(2,10-19)16(21)22/h3-6,9H,7-8,10H2,1-2H3,(H,21,22). The molecule has 120 valence electrons. The quantitative estimate of drug-likeness (QED) is 0.941. The van der Waals surface area contributed by atoms with Crippen LogP contribution in [0.1, 0.15) is 29.5 Å². The molecule has 1 atom stereocenters. The summed E-state index contributed by atoms with van der Waals surface area (Å²) in [5, 5.41) is 13.2. The normalized spacial score (nSPS) is 20.7. The minimum Gasteiger partial charge on any atom is -0.481 e. The van der Waals surface area contributed by atoms with Gasteiger partial charge in [0, 0.05) is 24.7 Å². The first-order chi connectivity index (χ1) is 10.9. The molecule has 0 spiro atoms. The highest BCUT2D eigenvalue weighted by molar-refractivity contribution is 5.93. The number of carboxylic acid groups (broad SMARTS) is 1. The summed E-state index contributed by atoms with van der Waals surface area (Å²) >= 11 is 0. The highest BCUT2D eigenvalue weighted by Gasteiger charge is 2.42. The maximum atomic E-state index is 12.5. The Morgan fingerprint density at radius 1 is 1.30 bits per heavy atom. The van der Waals surface area contributed by atoms with E-state index in [4.69, 9.17) is 4.52 Å². The zero-order valence-corrected chi connectivity index (χ0v) is 13.1. The fourth-order valence-corrected chi connectivity index (χ4v) is 2.70. The number of aromatic nitrogens is 1. The van der Waals surface area contributed by atoms with E-state index in [-0.39, 0.29) is 18.2 Å². The third kappa shape index (κ3) is 2.84. The van der Waals surface area contributed by atoms with Gasteiger partial charge in [-0.3, -0.25) is 9.59 Å². The number of carbonyl (C=O) groups excluding carboxylic acids is 1. The predicted molar refractivity (Wildman–Crippen MR) is 82.9 cm³/mol. The van der Waals surface area contributed by atoms with Gasteiger partial charge in [0.25, 0.3) is 5.91 Å². The summed E-state index contributed by atoms with van der Waals surface area (Å²) in [6.45, 7) is 4.24. The van der Waals surface area contributed by atoms with Crippen molar-refractivity contribution < 1.29 is 19.2 Å². The van der Waals surface area contributed by atoms with E-state index in [0.717, 1.165) is 11.1 Å². The number of benzene rings is 1. The van der Waals surface area contributed by atoms with E-state index < -0.39 is 11.4 Å². The van der Waals surface area contributed by atoms with Crippen molar-refractivity contribution in [2.45, 2.75) is 20.3 Å². The fraction of sp³-hybridized carbons (Fsp3) is 0.353. The minimum atomic E-state index is -0.893. The van der Waals surface area contributed by atoms with Gasteiger partial charge in [0.1, 0.15) is 5.69 Å². The number of hydrogen-bond acceptors (Lipinski definition) is 4. The van der Waals surface area contributed by atoms with E-state index in [0.29, 0.717) is 18.7 Å². The Hall–Kier alpha value is -2.63. The number of likely N-dealkylation sites (tertiary alicyclic amines) is 1. The van der Waals surface area contributed by atoms with Crippen molar-refractivity contribution in [2.75, 3.05) is 13.1 Å². The summed E-state index contributed by atoms with van der Waals surface area (Å²) in [4.78, 5) is 25.2. The molecule has 0 radical (unpaired) electrons. The van der Waals surface area contributed by atoms with Crippen LogP contribution < -0.4 is 0 Å². The summed E-state index contributed by atoms with van der Waals surface area (Å²) in [5.74, 6) is -1.07. The molecule has 6 nitrogen and oxygen atoms in total. The lowest BCUT2D eigenvalue weighted by Gasteiger charge is -2.19. The van der Waals surface area contributed by atoms with Gasteiger partial charge in [-0.25, -0.2) is 0 Å². The van der Waals surface area contributed by atoms with Gasteiger partial charge in [0.15, 0.2) is 0 Å². The first kappa shape index (κ1) is 15.3. The monoisotopic (exact) mass is 314 g/mol. The molecule has 1 fully saturated rings. The molecule has 1 aliphatic heterocycles. The number of carboxylic acids is 1. The highest BCUT2D eigenvalue weighted by atomic mass is 16.5. The molecule has 1 saturated heterocycles. The molecule has 3 rings (SSSR count). The molecule has 0 saturated carbocycles. The van der Waals surface area contributed by atoms with Gasteiger partial charge in [-0.05, 0) is 20.3 Å². The molecule has 23 heavy (non-hydrogen) atoms. The average Bonchev–Trinajstić information content (AvgIpc) is 3.15. The van der Waals surface area contributed by atoms with Crippen LogP contribution >= 0.6 is 0 Å². The minimum absolute atomic E-state index is 0.134. The first-order valence-corrected chi connectivity index (χ1v) is 7.45. The van der Waals surface area contributed by atoms with Crippen LogP contribution in [0.5, 0.6) is 0 Å². The second-order valence-corrected chi connectivity index (χ2v) is 6.28. The van der Waals surface area contributed by atoms with Crippen LogP contribution in [0.3, 0.4) is 0 Å². The Labute approximate surface area is 133 Å².